The van der Waals surface area contributed by atoms with Gasteiger partial charge in [-0.05, 0) is 49.7 Å². The van der Waals surface area contributed by atoms with Gasteiger partial charge in [-0.15, -0.1) is 0 Å². The highest BCUT2D eigenvalue weighted by molar-refractivity contribution is 5.56. The summed E-state index contributed by atoms with van der Waals surface area (Å²) in [6.07, 6.45) is 4.54. The molecular weight excluding hydrogens is 246 g/mol. The third-order valence-electron chi connectivity index (χ3n) is 5.50. The van der Waals surface area contributed by atoms with Gasteiger partial charge in [0.25, 0.3) is 0 Å². The molecule has 0 aromatic heterocycles. The van der Waals surface area contributed by atoms with Gasteiger partial charge in [-0.25, -0.2) is 0 Å². The molecule has 20 heavy (non-hydrogen) atoms. The van der Waals surface area contributed by atoms with Gasteiger partial charge in [0.05, 0.1) is 6.10 Å². The summed E-state index contributed by atoms with van der Waals surface area (Å²) in [4.78, 5) is 2.54. The molecule has 0 spiro atoms. The number of hydrogen-bond donors (Lipinski definition) is 1. The maximum absolute atomic E-state index is 10.6. The summed E-state index contributed by atoms with van der Waals surface area (Å²) in [5, 5.41) is 10.6. The van der Waals surface area contributed by atoms with E-state index in [1.807, 2.05) is 0 Å². The molecular formula is C18H27NO. The number of benzene rings is 1. The van der Waals surface area contributed by atoms with Gasteiger partial charge in [0.15, 0.2) is 0 Å². The molecule has 0 bridgehead atoms. The van der Waals surface area contributed by atoms with Gasteiger partial charge in [-0.2, -0.15) is 0 Å². The monoisotopic (exact) mass is 273 g/mol. The van der Waals surface area contributed by atoms with Crippen molar-refractivity contribution in [1.29, 1.82) is 0 Å². The minimum atomic E-state index is -0.163. The molecule has 0 saturated heterocycles. The topological polar surface area (TPSA) is 23.5 Å². The molecule has 3 atom stereocenters. The molecule has 3 rings (SSSR count). The Morgan fingerprint density at radius 2 is 2.00 bits per heavy atom. The van der Waals surface area contributed by atoms with Crippen molar-refractivity contribution in [2.45, 2.75) is 58.6 Å². The molecule has 1 fully saturated rings. The summed E-state index contributed by atoms with van der Waals surface area (Å²) in [5.41, 5.74) is 2.95. The maximum Gasteiger partial charge on any atom is 0.0636 e. The first-order valence-electron chi connectivity index (χ1n) is 8.01. The fourth-order valence-corrected chi connectivity index (χ4v) is 3.98. The molecule has 1 aliphatic heterocycles. The lowest BCUT2D eigenvalue weighted by Crippen LogP contribution is -2.43. The second-order valence-corrected chi connectivity index (χ2v) is 7.40. The zero-order chi connectivity index (χ0) is 14.3. The molecule has 110 valence electrons. The zero-order valence-electron chi connectivity index (χ0n) is 13.0. The predicted octanol–water partition coefficient (Wildman–Crippen LogP) is 3.62. The Kier molecular flexibility index (Phi) is 3.53. The number of aliphatic hydroxyl groups is 1. The van der Waals surface area contributed by atoms with E-state index in [1.54, 1.807) is 0 Å². The first-order chi connectivity index (χ1) is 9.49. The first-order valence-corrected chi connectivity index (χ1v) is 8.01. The SMILES string of the molecule is CC1CCc2ccccc2N1CC1CCC(C)(C)C1O. The molecule has 1 aliphatic carbocycles. The quantitative estimate of drug-likeness (QED) is 0.889. The van der Waals surface area contributed by atoms with E-state index in [2.05, 4.69) is 49.9 Å². The van der Waals surface area contributed by atoms with Crippen LogP contribution in [0.4, 0.5) is 5.69 Å². The Hall–Kier alpha value is -1.02. The molecule has 2 heteroatoms. The minimum Gasteiger partial charge on any atom is -0.392 e. The standard InChI is InChI=1S/C18H27NO/c1-13-8-9-14-6-4-5-7-16(14)19(13)12-15-10-11-18(2,3)17(15)20/h4-7,13,15,17,20H,8-12H2,1-3H3. The van der Waals surface area contributed by atoms with Gasteiger partial charge >= 0.3 is 0 Å². The molecule has 1 heterocycles. The number of anilines is 1. The van der Waals surface area contributed by atoms with Crippen LogP contribution in [0.3, 0.4) is 0 Å². The van der Waals surface area contributed by atoms with Crippen LogP contribution in [-0.2, 0) is 6.42 Å². The Bertz CT molecular complexity index is 482. The van der Waals surface area contributed by atoms with E-state index in [9.17, 15) is 5.11 Å². The number of fused-ring (bicyclic) bond motifs is 1. The van der Waals surface area contributed by atoms with Crippen molar-refractivity contribution in [1.82, 2.24) is 0 Å². The van der Waals surface area contributed by atoms with Gasteiger partial charge in [0, 0.05) is 24.2 Å². The molecule has 1 N–H and O–H groups in total. The second kappa shape index (κ2) is 5.07. The number of hydrogen-bond acceptors (Lipinski definition) is 2. The number of aryl methyl sites for hydroxylation is 1. The normalized spacial score (nSPS) is 32.2. The Labute approximate surface area is 122 Å². The highest BCUT2D eigenvalue weighted by Crippen LogP contribution is 2.43. The minimum absolute atomic E-state index is 0.0865. The molecule has 0 amide bonds. The summed E-state index contributed by atoms with van der Waals surface area (Å²) in [5.74, 6) is 0.415. The number of rotatable bonds is 2. The smallest absolute Gasteiger partial charge is 0.0636 e. The van der Waals surface area contributed by atoms with Crippen LogP contribution >= 0.6 is 0 Å². The molecule has 2 nitrogen and oxygen atoms in total. The molecule has 2 aliphatic rings. The summed E-state index contributed by atoms with van der Waals surface area (Å²) < 4.78 is 0. The summed E-state index contributed by atoms with van der Waals surface area (Å²) >= 11 is 0. The third kappa shape index (κ3) is 2.35. The van der Waals surface area contributed by atoms with Crippen molar-refractivity contribution in [3.8, 4) is 0 Å². The maximum atomic E-state index is 10.6. The number of para-hydroxylation sites is 1. The van der Waals surface area contributed by atoms with Crippen molar-refractivity contribution in [3.05, 3.63) is 29.8 Å². The summed E-state index contributed by atoms with van der Waals surface area (Å²) in [6.45, 7) is 7.72. The van der Waals surface area contributed by atoms with Crippen molar-refractivity contribution >= 4 is 5.69 Å². The van der Waals surface area contributed by atoms with Crippen LogP contribution in [-0.4, -0.2) is 23.8 Å². The van der Waals surface area contributed by atoms with Crippen LogP contribution < -0.4 is 4.90 Å². The summed E-state index contributed by atoms with van der Waals surface area (Å²) in [6, 6.07) is 9.36. The number of aliphatic hydroxyl groups excluding tert-OH is 1. The van der Waals surface area contributed by atoms with Gasteiger partial charge in [0.2, 0.25) is 0 Å². The van der Waals surface area contributed by atoms with E-state index in [0.717, 1.165) is 19.4 Å². The van der Waals surface area contributed by atoms with E-state index in [0.29, 0.717) is 12.0 Å². The highest BCUT2D eigenvalue weighted by Gasteiger charge is 2.42. The van der Waals surface area contributed by atoms with E-state index in [-0.39, 0.29) is 11.5 Å². The fourth-order valence-electron chi connectivity index (χ4n) is 3.98. The van der Waals surface area contributed by atoms with Gasteiger partial charge in [-0.3, -0.25) is 0 Å². The first kappa shape index (κ1) is 13.9. The van der Waals surface area contributed by atoms with Crippen molar-refractivity contribution in [3.63, 3.8) is 0 Å². The average Bonchev–Trinajstić information content (AvgIpc) is 2.69. The van der Waals surface area contributed by atoms with E-state index < -0.39 is 0 Å². The molecule has 1 aromatic carbocycles. The van der Waals surface area contributed by atoms with Crippen molar-refractivity contribution < 1.29 is 5.11 Å². The van der Waals surface area contributed by atoms with Crippen LogP contribution in [0, 0.1) is 11.3 Å². The van der Waals surface area contributed by atoms with Crippen LogP contribution in [0.25, 0.3) is 0 Å². The van der Waals surface area contributed by atoms with E-state index >= 15 is 0 Å². The number of nitrogens with zero attached hydrogens (tertiary/aromatic N) is 1. The van der Waals surface area contributed by atoms with Gasteiger partial charge in [-0.1, -0.05) is 32.0 Å². The molecule has 1 saturated carbocycles. The zero-order valence-corrected chi connectivity index (χ0v) is 13.0. The summed E-state index contributed by atoms with van der Waals surface area (Å²) in [7, 11) is 0. The Morgan fingerprint density at radius 1 is 1.25 bits per heavy atom. The van der Waals surface area contributed by atoms with E-state index in [4.69, 9.17) is 0 Å². The largest absolute Gasteiger partial charge is 0.392 e. The lowest BCUT2D eigenvalue weighted by molar-refractivity contribution is 0.0475. The lowest BCUT2D eigenvalue weighted by atomic mass is 9.86. The van der Waals surface area contributed by atoms with Crippen LogP contribution in [0.5, 0.6) is 0 Å². The second-order valence-electron chi connectivity index (χ2n) is 7.40. The van der Waals surface area contributed by atoms with Crippen molar-refractivity contribution in [2.75, 3.05) is 11.4 Å². The molecule has 3 unspecified atom stereocenters. The fraction of sp³-hybridized carbons (Fsp3) is 0.667. The Balaban J connectivity index is 1.81. The Morgan fingerprint density at radius 3 is 2.70 bits per heavy atom. The van der Waals surface area contributed by atoms with Gasteiger partial charge < -0.3 is 10.0 Å². The van der Waals surface area contributed by atoms with Gasteiger partial charge in [0.1, 0.15) is 0 Å². The third-order valence-corrected chi connectivity index (χ3v) is 5.50. The van der Waals surface area contributed by atoms with Crippen LogP contribution in [0.15, 0.2) is 24.3 Å². The molecule has 0 radical (unpaired) electrons. The predicted molar refractivity (Wildman–Crippen MR) is 84.1 cm³/mol. The van der Waals surface area contributed by atoms with Crippen LogP contribution in [0.2, 0.25) is 0 Å². The highest BCUT2D eigenvalue weighted by atomic mass is 16.3. The van der Waals surface area contributed by atoms with E-state index in [1.165, 1.54) is 24.1 Å². The average molecular weight is 273 g/mol. The van der Waals surface area contributed by atoms with Crippen LogP contribution in [0.1, 0.15) is 45.6 Å². The molecule has 1 aromatic rings. The van der Waals surface area contributed by atoms with Crippen molar-refractivity contribution in [2.24, 2.45) is 11.3 Å². The lowest BCUT2D eigenvalue weighted by Gasteiger charge is -2.40.